The standard InChI is InChI=1S/C15H12FN3O2/c1-21-15(20)19-14-17-12-7-4-10(8-13(12)18-14)9-2-5-11(16)6-3-9/h2-8H,1H3,(H2,17,18,19,20). The van der Waals surface area contributed by atoms with Gasteiger partial charge in [0.15, 0.2) is 0 Å². The van der Waals surface area contributed by atoms with E-state index in [2.05, 4.69) is 20.0 Å². The summed E-state index contributed by atoms with van der Waals surface area (Å²) >= 11 is 0. The number of nitrogens with one attached hydrogen (secondary N) is 2. The van der Waals surface area contributed by atoms with Crippen LogP contribution in [0.3, 0.4) is 0 Å². The average Bonchev–Trinajstić information content (AvgIpc) is 2.89. The average molecular weight is 285 g/mol. The maximum absolute atomic E-state index is 12.9. The Morgan fingerprint density at radius 3 is 2.62 bits per heavy atom. The number of amides is 1. The van der Waals surface area contributed by atoms with Gasteiger partial charge in [-0.15, -0.1) is 0 Å². The van der Waals surface area contributed by atoms with Gasteiger partial charge in [0.1, 0.15) is 5.82 Å². The summed E-state index contributed by atoms with van der Waals surface area (Å²) in [4.78, 5) is 18.4. The van der Waals surface area contributed by atoms with E-state index in [9.17, 15) is 9.18 Å². The molecule has 6 heteroatoms. The Morgan fingerprint density at radius 2 is 1.90 bits per heavy atom. The van der Waals surface area contributed by atoms with E-state index in [1.54, 1.807) is 12.1 Å². The number of halogens is 1. The molecule has 3 aromatic rings. The molecule has 1 heterocycles. The van der Waals surface area contributed by atoms with E-state index in [4.69, 9.17) is 0 Å². The van der Waals surface area contributed by atoms with Crippen LogP contribution in [0.4, 0.5) is 15.1 Å². The summed E-state index contributed by atoms with van der Waals surface area (Å²) in [6.45, 7) is 0. The Labute approximate surface area is 119 Å². The molecule has 0 atom stereocenters. The van der Waals surface area contributed by atoms with Crippen molar-refractivity contribution >= 4 is 23.1 Å². The number of ether oxygens (including phenoxy) is 1. The van der Waals surface area contributed by atoms with Crippen LogP contribution in [-0.4, -0.2) is 23.2 Å². The summed E-state index contributed by atoms with van der Waals surface area (Å²) in [6.07, 6.45) is -0.590. The molecule has 0 aliphatic carbocycles. The van der Waals surface area contributed by atoms with Crippen LogP contribution in [0, 0.1) is 5.82 Å². The van der Waals surface area contributed by atoms with Crippen molar-refractivity contribution < 1.29 is 13.9 Å². The molecule has 106 valence electrons. The highest BCUT2D eigenvalue weighted by Gasteiger charge is 2.07. The van der Waals surface area contributed by atoms with Crippen molar-refractivity contribution in [1.82, 2.24) is 9.97 Å². The second-order valence-corrected chi connectivity index (χ2v) is 4.44. The third kappa shape index (κ3) is 2.69. The van der Waals surface area contributed by atoms with Gasteiger partial charge in [-0.25, -0.2) is 14.2 Å². The van der Waals surface area contributed by atoms with Crippen molar-refractivity contribution in [3.8, 4) is 11.1 Å². The van der Waals surface area contributed by atoms with Crippen molar-refractivity contribution in [1.29, 1.82) is 0 Å². The highest BCUT2D eigenvalue weighted by Crippen LogP contribution is 2.24. The molecule has 0 unspecified atom stereocenters. The van der Waals surface area contributed by atoms with E-state index in [0.29, 0.717) is 11.5 Å². The Kier molecular flexibility index (Phi) is 3.27. The number of nitrogens with zero attached hydrogens (tertiary/aromatic N) is 1. The molecule has 0 aliphatic heterocycles. The normalized spacial score (nSPS) is 10.6. The van der Waals surface area contributed by atoms with Crippen LogP contribution in [0.1, 0.15) is 0 Å². The van der Waals surface area contributed by atoms with E-state index in [-0.39, 0.29) is 5.82 Å². The van der Waals surface area contributed by atoms with Crippen molar-refractivity contribution in [2.24, 2.45) is 0 Å². The van der Waals surface area contributed by atoms with Crippen LogP contribution in [0.5, 0.6) is 0 Å². The fourth-order valence-corrected chi connectivity index (χ4v) is 2.04. The van der Waals surface area contributed by atoms with Crippen molar-refractivity contribution in [3.63, 3.8) is 0 Å². The van der Waals surface area contributed by atoms with Crippen molar-refractivity contribution in [2.45, 2.75) is 0 Å². The molecule has 0 saturated carbocycles. The SMILES string of the molecule is COC(=O)Nc1nc2ccc(-c3ccc(F)cc3)cc2[nH]1. The largest absolute Gasteiger partial charge is 0.453 e. The molecule has 2 N–H and O–H groups in total. The zero-order chi connectivity index (χ0) is 14.8. The van der Waals surface area contributed by atoms with Crippen molar-refractivity contribution in [3.05, 3.63) is 48.3 Å². The van der Waals surface area contributed by atoms with Gasteiger partial charge in [0.2, 0.25) is 5.95 Å². The maximum atomic E-state index is 12.9. The molecule has 0 bridgehead atoms. The zero-order valence-corrected chi connectivity index (χ0v) is 11.2. The van der Waals surface area contributed by atoms with Gasteiger partial charge in [0.05, 0.1) is 18.1 Å². The highest BCUT2D eigenvalue weighted by molar-refractivity contribution is 5.88. The molecule has 0 saturated heterocycles. The number of carbonyl (C=O) groups excluding carboxylic acids is 1. The lowest BCUT2D eigenvalue weighted by Gasteiger charge is -2.01. The van der Waals surface area contributed by atoms with Gasteiger partial charge in [0, 0.05) is 0 Å². The molecular weight excluding hydrogens is 273 g/mol. The van der Waals surface area contributed by atoms with Gasteiger partial charge < -0.3 is 9.72 Å². The number of H-pyrrole nitrogens is 1. The number of fused-ring (bicyclic) bond motifs is 1. The zero-order valence-electron chi connectivity index (χ0n) is 11.2. The minimum absolute atomic E-state index is 0.272. The quantitative estimate of drug-likeness (QED) is 0.756. The number of hydrogen-bond donors (Lipinski definition) is 2. The molecule has 3 rings (SSSR count). The molecule has 2 aromatic carbocycles. The summed E-state index contributed by atoms with van der Waals surface area (Å²) in [6, 6.07) is 11.8. The number of anilines is 1. The first-order valence-electron chi connectivity index (χ1n) is 6.26. The van der Waals surface area contributed by atoms with Gasteiger partial charge in [-0.3, -0.25) is 5.32 Å². The molecule has 1 aromatic heterocycles. The topological polar surface area (TPSA) is 67.0 Å². The number of rotatable bonds is 2. The summed E-state index contributed by atoms with van der Waals surface area (Å²) in [7, 11) is 1.28. The Balaban J connectivity index is 1.96. The molecular formula is C15H12FN3O2. The molecule has 0 fully saturated rings. The van der Waals surface area contributed by atoms with Gasteiger partial charge in [-0.05, 0) is 35.4 Å². The van der Waals surface area contributed by atoms with Crippen LogP contribution >= 0.6 is 0 Å². The number of benzene rings is 2. The van der Waals surface area contributed by atoms with Crippen molar-refractivity contribution in [2.75, 3.05) is 12.4 Å². The van der Waals surface area contributed by atoms with Gasteiger partial charge in [-0.1, -0.05) is 18.2 Å². The van der Waals surface area contributed by atoms with Gasteiger partial charge in [0.25, 0.3) is 0 Å². The monoisotopic (exact) mass is 285 g/mol. The number of carbonyl (C=O) groups is 1. The van der Waals surface area contributed by atoms with E-state index in [0.717, 1.165) is 16.6 Å². The predicted molar refractivity (Wildman–Crippen MR) is 77.5 cm³/mol. The first-order valence-corrected chi connectivity index (χ1v) is 6.26. The fourth-order valence-electron chi connectivity index (χ4n) is 2.04. The lowest BCUT2D eigenvalue weighted by molar-refractivity contribution is 0.186. The lowest BCUT2D eigenvalue weighted by atomic mass is 10.1. The smallest absolute Gasteiger partial charge is 0.413 e. The van der Waals surface area contributed by atoms with E-state index in [1.165, 1.54) is 19.2 Å². The summed E-state index contributed by atoms with van der Waals surface area (Å²) in [5.41, 5.74) is 3.31. The molecule has 21 heavy (non-hydrogen) atoms. The molecule has 0 aliphatic rings. The Bertz CT molecular complexity index is 796. The Hall–Kier alpha value is -2.89. The van der Waals surface area contributed by atoms with Crippen LogP contribution in [0.2, 0.25) is 0 Å². The molecule has 5 nitrogen and oxygen atoms in total. The number of methoxy groups -OCH3 is 1. The van der Waals surface area contributed by atoms with Gasteiger partial charge >= 0.3 is 6.09 Å². The number of aromatic amines is 1. The first-order chi connectivity index (χ1) is 10.2. The van der Waals surface area contributed by atoms with E-state index in [1.807, 2.05) is 18.2 Å². The molecule has 0 spiro atoms. The maximum Gasteiger partial charge on any atom is 0.413 e. The number of imidazole rings is 1. The summed E-state index contributed by atoms with van der Waals surface area (Å²) in [5.74, 6) is 0.0408. The highest BCUT2D eigenvalue weighted by atomic mass is 19.1. The fraction of sp³-hybridized carbons (Fsp3) is 0.0667. The lowest BCUT2D eigenvalue weighted by Crippen LogP contribution is -2.11. The number of hydrogen-bond acceptors (Lipinski definition) is 3. The van der Waals surface area contributed by atoms with Crippen LogP contribution in [0.25, 0.3) is 22.2 Å². The third-order valence-electron chi connectivity index (χ3n) is 3.07. The van der Waals surface area contributed by atoms with Crippen LogP contribution in [-0.2, 0) is 4.74 Å². The Morgan fingerprint density at radius 1 is 1.19 bits per heavy atom. The van der Waals surface area contributed by atoms with E-state index >= 15 is 0 Å². The second kappa shape index (κ2) is 5.24. The minimum Gasteiger partial charge on any atom is -0.453 e. The summed E-state index contributed by atoms with van der Waals surface area (Å²) in [5, 5.41) is 2.47. The predicted octanol–water partition coefficient (Wildman–Crippen LogP) is 3.55. The van der Waals surface area contributed by atoms with Crippen LogP contribution in [0.15, 0.2) is 42.5 Å². The number of aromatic nitrogens is 2. The molecule has 0 radical (unpaired) electrons. The van der Waals surface area contributed by atoms with Gasteiger partial charge in [-0.2, -0.15) is 0 Å². The second-order valence-electron chi connectivity index (χ2n) is 4.44. The van der Waals surface area contributed by atoms with E-state index < -0.39 is 6.09 Å². The van der Waals surface area contributed by atoms with Crippen LogP contribution < -0.4 is 5.32 Å². The molecule has 1 amide bonds. The summed E-state index contributed by atoms with van der Waals surface area (Å²) < 4.78 is 17.5. The minimum atomic E-state index is -0.590. The first kappa shape index (κ1) is 13.1. The third-order valence-corrected chi connectivity index (χ3v) is 3.07.